The third-order valence-corrected chi connectivity index (χ3v) is 0.775. The van der Waals surface area contributed by atoms with Crippen molar-refractivity contribution in [3.8, 4) is 0 Å². The van der Waals surface area contributed by atoms with Gasteiger partial charge in [0.1, 0.15) is 0 Å². The van der Waals surface area contributed by atoms with E-state index in [0.29, 0.717) is 0 Å². The van der Waals surface area contributed by atoms with E-state index < -0.39 is 0 Å². The maximum Gasteiger partial charge on any atom is 0.000295 e. The summed E-state index contributed by atoms with van der Waals surface area (Å²) in [4.78, 5) is 0. The van der Waals surface area contributed by atoms with Gasteiger partial charge in [-0.2, -0.15) is 0 Å². The van der Waals surface area contributed by atoms with E-state index in [1.807, 2.05) is 13.0 Å². The molecule has 0 bridgehead atoms. The second kappa shape index (κ2) is 4.13. The SMILES string of the molecule is CNC=PC. The molecule has 0 amide bonds. The van der Waals surface area contributed by atoms with E-state index in [4.69, 9.17) is 0 Å². The third kappa shape index (κ3) is 4.13. The molecular formula is C3H8NP. The van der Waals surface area contributed by atoms with Gasteiger partial charge >= 0.3 is 0 Å². The Morgan fingerprint density at radius 1 is 1.80 bits per heavy atom. The average Bonchev–Trinajstić information content (AvgIpc) is 1.41. The zero-order chi connectivity index (χ0) is 4.12. The van der Waals surface area contributed by atoms with Gasteiger partial charge in [0, 0.05) is 5.92 Å². The van der Waals surface area contributed by atoms with E-state index in [2.05, 4.69) is 12.0 Å². The lowest BCUT2D eigenvalue weighted by Crippen LogP contribution is -1.96. The zero-order valence-corrected chi connectivity index (χ0v) is 4.42. The quantitative estimate of drug-likeness (QED) is 0.462. The van der Waals surface area contributed by atoms with Crippen molar-refractivity contribution in [2.45, 2.75) is 0 Å². The van der Waals surface area contributed by atoms with Crippen LogP contribution in [0.3, 0.4) is 0 Å². The van der Waals surface area contributed by atoms with E-state index in [1.54, 1.807) is 0 Å². The Balaban J connectivity index is 2.62. The standard InChI is InChI=1S/C3H8NP/c1-4-3-5-2/h3-4H,1-2H3. The second-order valence-electron chi connectivity index (χ2n) is 0.676. The van der Waals surface area contributed by atoms with Crippen molar-refractivity contribution in [3.63, 3.8) is 0 Å². The number of hydrogen-bond acceptors (Lipinski definition) is 0. The number of nitrogens with one attached hydrogen (secondary N) is 1. The van der Waals surface area contributed by atoms with E-state index in [0.717, 1.165) is 0 Å². The fourth-order valence-electron chi connectivity index (χ4n) is 0.129. The predicted molar refractivity (Wildman–Crippen MR) is 28.0 cm³/mol. The fourth-order valence-corrected chi connectivity index (χ4v) is 0.387. The molecule has 0 radical (unpaired) electrons. The fraction of sp³-hybridized carbons (Fsp3) is 0.667. The molecule has 0 saturated heterocycles. The predicted octanol–water partition coefficient (Wildman–Crippen LogP) is 0.541. The van der Waals surface area contributed by atoms with Crippen molar-refractivity contribution in [1.29, 1.82) is 0 Å². The van der Waals surface area contributed by atoms with Gasteiger partial charge in [0.25, 0.3) is 0 Å². The first kappa shape index (κ1) is 5.13. The molecule has 0 aromatic rings. The molecule has 30 valence electrons. The van der Waals surface area contributed by atoms with E-state index in [1.165, 1.54) is 8.20 Å². The van der Waals surface area contributed by atoms with E-state index in [9.17, 15) is 0 Å². The molecule has 0 aromatic carbocycles. The highest BCUT2D eigenvalue weighted by Gasteiger charge is 1.47. The van der Waals surface area contributed by atoms with Crippen molar-refractivity contribution in [3.05, 3.63) is 0 Å². The van der Waals surface area contributed by atoms with Gasteiger partial charge in [-0.3, -0.25) is 5.32 Å². The summed E-state index contributed by atoms with van der Waals surface area (Å²) in [6, 6.07) is 0. The molecule has 0 aromatic heterocycles. The topological polar surface area (TPSA) is 12.0 Å². The van der Waals surface area contributed by atoms with Crippen molar-refractivity contribution < 1.29 is 0 Å². The molecule has 0 atom stereocenters. The van der Waals surface area contributed by atoms with Gasteiger partial charge in [0.2, 0.25) is 0 Å². The lowest BCUT2D eigenvalue weighted by molar-refractivity contribution is 1.24. The van der Waals surface area contributed by atoms with Gasteiger partial charge < -0.3 is 0 Å². The van der Waals surface area contributed by atoms with Gasteiger partial charge in [0.05, 0.1) is 0 Å². The highest BCUT2D eigenvalue weighted by molar-refractivity contribution is 7.37. The van der Waals surface area contributed by atoms with Crippen molar-refractivity contribution in [2.24, 2.45) is 0 Å². The van der Waals surface area contributed by atoms with Crippen LogP contribution in [-0.2, 0) is 0 Å². The van der Waals surface area contributed by atoms with E-state index >= 15 is 0 Å². The largest absolute Gasteiger partial charge is 0.294 e. The summed E-state index contributed by atoms with van der Waals surface area (Å²) in [5.74, 6) is 1.97. The summed E-state index contributed by atoms with van der Waals surface area (Å²) >= 11 is 0. The molecule has 1 nitrogen and oxygen atoms in total. The van der Waals surface area contributed by atoms with Crippen LogP contribution in [0.1, 0.15) is 0 Å². The van der Waals surface area contributed by atoms with Crippen molar-refractivity contribution in [2.75, 3.05) is 13.7 Å². The lowest BCUT2D eigenvalue weighted by atomic mass is 11.3. The molecule has 1 N–H and O–H groups in total. The molecule has 5 heavy (non-hydrogen) atoms. The second-order valence-corrected chi connectivity index (χ2v) is 1.45. The summed E-state index contributed by atoms with van der Waals surface area (Å²) in [6.45, 7) is 2.07. The Kier molecular flexibility index (Phi) is 4.24. The maximum atomic E-state index is 2.88. The molecule has 0 aliphatic heterocycles. The van der Waals surface area contributed by atoms with Crippen LogP contribution in [0.15, 0.2) is 0 Å². The molecule has 2 heteroatoms. The Morgan fingerprint density at radius 2 is 2.40 bits per heavy atom. The van der Waals surface area contributed by atoms with Crippen LogP contribution in [-0.4, -0.2) is 19.6 Å². The molecule has 0 spiro atoms. The monoisotopic (exact) mass is 89.0 g/mol. The number of rotatable bonds is 1. The average molecular weight is 89.1 g/mol. The summed E-state index contributed by atoms with van der Waals surface area (Å²) in [7, 11) is 3.19. The summed E-state index contributed by atoms with van der Waals surface area (Å²) in [6.07, 6.45) is 0. The van der Waals surface area contributed by atoms with Crippen LogP contribution < -0.4 is 5.32 Å². The molecular weight excluding hydrogens is 81.0 g/mol. The highest BCUT2D eigenvalue weighted by atomic mass is 31.1. The smallest absolute Gasteiger partial charge is 0.000295 e. The molecule has 0 rings (SSSR count). The van der Waals surface area contributed by atoms with Gasteiger partial charge in [-0.1, -0.05) is 8.20 Å². The van der Waals surface area contributed by atoms with Crippen LogP contribution in [0.5, 0.6) is 0 Å². The molecule has 0 fully saturated rings. The van der Waals surface area contributed by atoms with Crippen LogP contribution in [0.4, 0.5) is 0 Å². The summed E-state index contributed by atoms with van der Waals surface area (Å²) in [5.41, 5.74) is 0. The molecule has 0 heterocycles. The van der Waals surface area contributed by atoms with Crippen molar-refractivity contribution >= 4 is 14.1 Å². The van der Waals surface area contributed by atoms with Gasteiger partial charge in [-0.25, -0.2) is 0 Å². The normalized spacial score (nSPS) is 10.0. The highest BCUT2D eigenvalue weighted by Crippen LogP contribution is 1.72. The number of hydrogen-bond donors (Lipinski definition) is 1. The Hall–Kier alpha value is 0.130. The molecule has 0 unspecified atom stereocenters. The van der Waals surface area contributed by atoms with Crippen LogP contribution in [0.25, 0.3) is 0 Å². The molecule has 0 saturated carbocycles. The van der Waals surface area contributed by atoms with Crippen LogP contribution >= 0.6 is 8.20 Å². The molecule has 0 aliphatic carbocycles. The van der Waals surface area contributed by atoms with Crippen molar-refractivity contribution in [1.82, 2.24) is 5.32 Å². The first-order chi connectivity index (χ1) is 2.41. The Bertz CT molecular complexity index is 33.9. The van der Waals surface area contributed by atoms with Crippen LogP contribution in [0.2, 0.25) is 0 Å². The van der Waals surface area contributed by atoms with Gasteiger partial charge in [0.15, 0.2) is 0 Å². The third-order valence-electron chi connectivity index (χ3n) is 0.258. The minimum Gasteiger partial charge on any atom is -0.294 e. The molecule has 0 aliphatic rings. The van der Waals surface area contributed by atoms with Crippen LogP contribution in [0, 0.1) is 0 Å². The van der Waals surface area contributed by atoms with E-state index in [-0.39, 0.29) is 0 Å². The Morgan fingerprint density at radius 3 is 2.40 bits per heavy atom. The maximum absolute atomic E-state index is 2.88. The lowest BCUT2D eigenvalue weighted by Gasteiger charge is -1.71. The summed E-state index contributed by atoms with van der Waals surface area (Å²) < 4.78 is 0. The minimum atomic E-state index is 1.29. The zero-order valence-electron chi connectivity index (χ0n) is 3.52. The Labute approximate surface area is 34.2 Å². The first-order valence-corrected chi connectivity index (χ1v) is 2.90. The van der Waals surface area contributed by atoms with Gasteiger partial charge in [-0.05, 0) is 13.7 Å². The first-order valence-electron chi connectivity index (χ1n) is 1.49. The minimum absolute atomic E-state index is 1.29. The van der Waals surface area contributed by atoms with Gasteiger partial charge in [-0.15, -0.1) is 0 Å². The summed E-state index contributed by atoms with van der Waals surface area (Å²) in [5, 5.41) is 2.88.